The van der Waals surface area contributed by atoms with Gasteiger partial charge in [0.25, 0.3) is 0 Å². The number of benzene rings is 1. The summed E-state index contributed by atoms with van der Waals surface area (Å²) in [4.78, 5) is 1.27. The van der Waals surface area contributed by atoms with Crippen LogP contribution in [0.5, 0.6) is 0 Å². The average Bonchev–Trinajstić information content (AvgIpc) is 2.91. The fourth-order valence-electron chi connectivity index (χ4n) is 2.03. The number of hydrogen-bond donors (Lipinski definition) is 1. The fraction of sp³-hybridized carbons (Fsp3) is 0.333. The van der Waals surface area contributed by atoms with Crippen LogP contribution < -0.4 is 5.32 Å². The van der Waals surface area contributed by atoms with Crippen molar-refractivity contribution in [3.05, 3.63) is 56.4 Å². The zero-order valence-electron chi connectivity index (χ0n) is 10.8. The third kappa shape index (κ3) is 3.88. The first-order valence-corrected chi connectivity index (χ1v) is 8.09. The molecule has 1 heterocycles. The fourth-order valence-corrected chi connectivity index (χ4v) is 3.16. The highest BCUT2D eigenvalue weighted by Gasteiger charge is 2.17. The van der Waals surface area contributed by atoms with Gasteiger partial charge in [-0.1, -0.05) is 25.1 Å². The lowest BCUT2D eigenvalue weighted by Crippen LogP contribution is -2.24. The summed E-state index contributed by atoms with van der Waals surface area (Å²) in [5, 5.41) is 5.50. The van der Waals surface area contributed by atoms with Crippen LogP contribution in [0.1, 0.15) is 29.8 Å². The summed E-state index contributed by atoms with van der Waals surface area (Å²) in [6, 6.07) is 9.64. The maximum absolute atomic E-state index is 14.2. The van der Waals surface area contributed by atoms with Gasteiger partial charge in [0.05, 0.1) is 4.47 Å². The molecule has 0 aliphatic heterocycles. The van der Waals surface area contributed by atoms with Crippen LogP contribution in [0.3, 0.4) is 0 Å². The van der Waals surface area contributed by atoms with E-state index < -0.39 is 0 Å². The summed E-state index contributed by atoms with van der Waals surface area (Å²) in [5.74, 6) is -0.160. The molecule has 1 aromatic heterocycles. The third-order valence-corrected chi connectivity index (χ3v) is 4.49. The molecule has 4 heteroatoms. The molecule has 102 valence electrons. The summed E-state index contributed by atoms with van der Waals surface area (Å²) in [6.45, 7) is 3.01. The molecule has 0 fully saturated rings. The molecular formula is C15H17BrFNS. The normalized spacial score (nSPS) is 12.6. The van der Waals surface area contributed by atoms with Crippen LogP contribution in [-0.2, 0) is 6.42 Å². The van der Waals surface area contributed by atoms with Crippen LogP contribution >= 0.6 is 27.3 Å². The molecule has 0 radical (unpaired) electrons. The second-order valence-electron chi connectivity index (χ2n) is 4.43. The Morgan fingerprint density at radius 2 is 2.16 bits per heavy atom. The molecule has 1 aromatic carbocycles. The van der Waals surface area contributed by atoms with E-state index in [1.807, 2.05) is 18.2 Å². The van der Waals surface area contributed by atoms with Gasteiger partial charge in [0.2, 0.25) is 0 Å². The Bertz CT molecular complexity index is 513. The summed E-state index contributed by atoms with van der Waals surface area (Å²) in [5.41, 5.74) is 0.733. The molecule has 0 aliphatic rings. The minimum atomic E-state index is -0.160. The van der Waals surface area contributed by atoms with Crippen LogP contribution in [0, 0.1) is 5.82 Å². The molecule has 0 aliphatic carbocycles. The lowest BCUT2D eigenvalue weighted by molar-refractivity contribution is 0.497. The van der Waals surface area contributed by atoms with Gasteiger partial charge < -0.3 is 5.32 Å². The molecule has 1 atom stereocenters. The number of thiophene rings is 1. The van der Waals surface area contributed by atoms with Crippen molar-refractivity contribution in [3.8, 4) is 0 Å². The number of nitrogens with one attached hydrogen (secondary N) is 1. The lowest BCUT2D eigenvalue weighted by atomic mass is 10.0. The molecule has 2 aromatic rings. The Kier molecular flexibility index (Phi) is 5.55. The van der Waals surface area contributed by atoms with E-state index in [9.17, 15) is 4.39 Å². The van der Waals surface area contributed by atoms with E-state index in [0.717, 1.165) is 24.9 Å². The minimum Gasteiger partial charge on any atom is -0.310 e. The van der Waals surface area contributed by atoms with Gasteiger partial charge in [-0.25, -0.2) is 4.39 Å². The van der Waals surface area contributed by atoms with Gasteiger partial charge in [0.15, 0.2) is 0 Å². The second kappa shape index (κ2) is 7.17. The maximum Gasteiger partial charge on any atom is 0.142 e. The van der Waals surface area contributed by atoms with Crippen molar-refractivity contribution in [1.82, 2.24) is 5.32 Å². The number of halogens is 2. The van der Waals surface area contributed by atoms with Crippen molar-refractivity contribution in [3.63, 3.8) is 0 Å². The molecular weight excluding hydrogens is 325 g/mol. The van der Waals surface area contributed by atoms with Gasteiger partial charge >= 0.3 is 0 Å². The van der Waals surface area contributed by atoms with Gasteiger partial charge in [-0.15, -0.1) is 11.3 Å². The van der Waals surface area contributed by atoms with Crippen LogP contribution in [-0.4, -0.2) is 6.54 Å². The minimum absolute atomic E-state index is 0.0242. The first kappa shape index (κ1) is 14.7. The highest BCUT2D eigenvalue weighted by molar-refractivity contribution is 9.10. The van der Waals surface area contributed by atoms with Gasteiger partial charge in [-0.3, -0.25) is 0 Å². The highest BCUT2D eigenvalue weighted by Crippen LogP contribution is 2.27. The first-order valence-electron chi connectivity index (χ1n) is 6.42. The number of hydrogen-bond acceptors (Lipinski definition) is 2. The van der Waals surface area contributed by atoms with Crippen molar-refractivity contribution in [2.24, 2.45) is 0 Å². The Labute approximate surface area is 126 Å². The Morgan fingerprint density at radius 3 is 2.84 bits per heavy atom. The molecule has 0 bridgehead atoms. The molecule has 19 heavy (non-hydrogen) atoms. The van der Waals surface area contributed by atoms with Crippen LogP contribution in [0.15, 0.2) is 40.2 Å². The smallest absolute Gasteiger partial charge is 0.142 e. The SMILES string of the molecule is CCCNC(Cc1cccs1)c1cccc(Br)c1F. The van der Waals surface area contributed by atoms with E-state index in [1.165, 1.54) is 4.88 Å². The van der Waals surface area contributed by atoms with E-state index in [1.54, 1.807) is 17.4 Å². The Balaban J connectivity index is 2.23. The van der Waals surface area contributed by atoms with Crippen LogP contribution in [0.4, 0.5) is 4.39 Å². The Morgan fingerprint density at radius 1 is 1.32 bits per heavy atom. The topological polar surface area (TPSA) is 12.0 Å². The molecule has 1 nitrogen and oxygen atoms in total. The first-order chi connectivity index (χ1) is 9.22. The quantitative estimate of drug-likeness (QED) is 0.785. The zero-order valence-corrected chi connectivity index (χ0v) is 13.2. The van der Waals surface area contributed by atoms with Crippen molar-refractivity contribution in [1.29, 1.82) is 0 Å². The zero-order chi connectivity index (χ0) is 13.7. The molecule has 0 spiro atoms. The molecule has 0 amide bonds. The van der Waals surface area contributed by atoms with Crippen molar-refractivity contribution < 1.29 is 4.39 Å². The summed E-state index contributed by atoms with van der Waals surface area (Å²) < 4.78 is 14.8. The lowest BCUT2D eigenvalue weighted by Gasteiger charge is -2.19. The van der Waals surface area contributed by atoms with Gasteiger partial charge in [0, 0.05) is 22.9 Å². The van der Waals surface area contributed by atoms with Crippen LogP contribution in [0.2, 0.25) is 0 Å². The highest BCUT2D eigenvalue weighted by atomic mass is 79.9. The predicted octanol–water partition coefficient (Wildman–Crippen LogP) is 4.93. The summed E-state index contributed by atoms with van der Waals surface area (Å²) in [7, 11) is 0. The monoisotopic (exact) mass is 341 g/mol. The van der Waals surface area contributed by atoms with E-state index in [4.69, 9.17) is 0 Å². The average molecular weight is 342 g/mol. The van der Waals surface area contributed by atoms with E-state index in [-0.39, 0.29) is 11.9 Å². The largest absolute Gasteiger partial charge is 0.310 e. The van der Waals surface area contributed by atoms with Gasteiger partial charge in [-0.2, -0.15) is 0 Å². The molecule has 0 saturated heterocycles. The summed E-state index contributed by atoms with van der Waals surface area (Å²) >= 11 is 4.98. The van der Waals surface area contributed by atoms with Crippen molar-refractivity contribution in [2.45, 2.75) is 25.8 Å². The third-order valence-electron chi connectivity index (χ3n) is 2.98. The van der Waals surface area contributed by atoms with E-state index in [0.29, 0.717) is 4.47 Å². The van der Waals surface area contributed by atoms with Crippen molar-refractivity contribution >= 4 is 27.3 Å². The maximum atomic E-state index is 14.2. The standard InChI is InChI=1S/C15H17BrFNS/c1-2-8-18-14(10-11-5-4-9-19-11)12-6-3-7-13(16)15(12)17/h3-7,9,14,18H,2,8,10H2,1H3. The van der Waals surface area contributed by atoms with Crippen molar-refractivity contribution in [2.75, 3.05) is 6.54 Å². The second-order valence-corrected chi connectivity index (χ2v) is 6.32. The molecule has 2 rings (SSSR count). The van der Waals surface area contributed by atoms with Crippen LogP contribution in [0.25, 0.3) is 0 Å². The molecule has 1 N–H and O–H groups in total. The predicted molar refractivity (Wildman–Crippen MR) is 83.2 cm³/mol. The summed E-state index contributed by atoms with van der Waals surface area (Å²) in [6.07, 6.45) is 1.86. The van der Waals surface area contributed by atoms with Gasteiger partial charge in [-0.05, 0) is 46.4 Å². The van der Waals surface area contributed by atoms with Gasteiger partial charge in [0.1, 0.15) is 5.82 Å². The molecule has 1 unspecified atom stereocenters. The van der Waals surface area contributed by atoms with E-state index >= 15 is 0 Å². The molecule has 0 saturated carbocycles. The Hall–Kier alpha value is -0.710. The van der Waals surface area contributed by atoms with E-state index in [2.05, 4.69) is 39.6 Å². The number of rotatable bonds is 6.